The van der Waals surface area contributed by atoms with Gasteiger partial charge >= 0.3 is 0 Å². The van der Waals surface area contributed by atoms with Gasteiger partial charge in [-0.3, -0.25) is 0 Å². The quantitative estimate of drug-likeness (QED) is 0.662. The molecule has 0 aliphatic heterocycles. The molecular formula is C22H23NO. The van der Waals surface area contributed by atoms with E-state index in [1.54, 1.807) is 0 Å². The Morgan fingerprint density at radius 2 is 1.54 bits per heavy atom. The summed E-state index contributed by atoms with van der Waals surface area (Å²) < 4.78 is 6.07. The Labute approximate surface area is 144 Å². The second-order valence-electron chi connectivity index (χ2n) is 6.04. The van der Waals surface area contributed by atoms with Gasteiger partial charge in [0.2, 0.25) is 0 Å². The fraction of sp³-hybridized carbons (Fsp3) is 0.182. The van der Waals surface area contributed by atoms with Crippen molar-refractivity contribution in [2.24, 2.45) is 0 Å². The second kappa shape index (κ2) is 7.22. The molecule has 0 saturated carbocycles. The van der Waals surface area contributed by atoms with Crippen LogP contribution in [-0.4, -0.2) is 7.05 Å². The number of hydrogen-bond acceptors (Lipinski definition) is 2. The van der Waals surface area contributed by atoms with Crippen molar-refractivity contribution in [3.05, 3.63) is 83.4 Å². The molecule has 0 aromatic heterocycles. The number of hydrogen-bond donors (Lipinski definition) is 1. The minimum Gasteiger partial charge on any atom is -0.489 e. The van der Waals surface area contributed by atoms with Crippen LogP contribution >= 0.6 is 0 Å². The van der Waals surface area contributed by atoms with Crippen LogP contribution in [0.25, 0.3) is 11.1 Å². The molecule has 1 N–H and O–H groups in total. The lowest BCUT2D eigenvalue weighted by atomic mass is 10.0. The summed E-state index contributed by atoms with van der Waals surface area (Å²) in [5.74, 6) is 0.888. The first kappa shape index (κ1) is 16.1. The van der Waals surface area contributed by atoms with E-state index in [0.29, 0.717) is 6.61 Å². The van der Waals surface area contributed by atoms with Crippen molar-refractivity contribution in [2.75, 3.05) is 12.4 Å². The molecular weight excluding hydrogens is 294 g/mol. The van der Waals surface area contributed by atoms with Crippen molar-refractivity contribution in [1.29, 1.82) is 0 Å². The molecule has 0 radical (unpaired) electrons. The number of aryl methyl sites for hydroxylation is 2. The maximum atomic E-state index is 6.07. The summed E-state index contributed by atoms with van der Waals surface area (Å²) in [7, 11) is 1.94. The highest BCUT2D eigenvalue weighted by Gasteiger charge is 2.06. The standard InChI is InChI=1S/C22H23NO/c1-16-7-4-9-18(13-16)19-10-6-11-20(14-19)24-15-21-17(2)8-5-12-22(21)23-3/h4-14,23H,15H2,1-3H3. The Kier molecular flexibility index (Phi) is 4.85. The molecule has 0 aliphatic carbocycles. The average molecular weight is 317 g/mol. The molecule has 0 aliphatic rings. The van der Waals surface area contributed by atoms with Gasteiger partial charge in [0.1, 0.15) is 12.4 Å². The molecule has 0 atom stereocenters. The molecule has 24 heavy (non-hydrogen) atoms. The van der Waals surface area contributed by atoms with E-state index in [1.807, 2.05) is 19.2 Å². The van der Waals surface area contributed by atoms with E-state index in [9.17, 15) is 0 Å². The van der Waals surface area contributed by atoms with Crippen LogP contribution < -0.4 is 10.1 Å². The topological polar surface area (TPSA) is 21.3 Å². The first-order chi connectivity index (χ1) is 11.7. The zero-order valence-corrected chi connectivity index (χ0v) is 14.5. The van der Waals surface area contributed by atoms with Gasteiger partial charge in [0.15, 0.2) is 0 Å². The molecule has 0 unspecified atom stereocenters. The first-order valence-electron chi connectivity index (χ1n) is 8.23. The Morgan fingerprint density at radius 3 is 2.29 bits per heavy atom. The summed E-state index contributed by atoms with van der Waals surface area (Å²) in [6.07, 6.45) is 0. The van der Waals surface area contributed by atoms with Crippen molar-refractivity contribution >= 4 is 5.69 Å². The largest absolute Gasteiger partial charge is 0.489 e. The fourth-order valence-corrected chi connectivity index (χ4v) is 2.87. The third kappa shape index (κ3) is 3.60. The molecule has 0 bridgehead atoms. The Hall–Kier alpha value is -2.74. The van der Waals surface area contributed by atoms with Crippen LogP contribution in [0.2, 0.25) is 0 Å². The summed E-state index contributed by atoms with van der Waals surface area (Å²) in [5, 5.41) is 3.24. The highest BCUT2D eigenvalue weighted by molar-refractivity contribution is 5.65. The predicted molar refractivity (Wildman–Crippen MR) is 102 cm³/mol. The molecule has 2 nitrogen and oxygen atoms in total. The number of benzene rings is 3. The van der Waals surface area contributed by atoms with Crippen LogP contribution in [-0.2, 0) is 6.61 Å². The van der Waals surface area contributed by atoms with Gasteiger partial charge in [0.25, 0.3) is 0 Å². The van der Waals surface area contributed by atoms with Gasteiger partial charge in [-0.15, -0.1) is 0 Å². The molecule has 122 valence electrons. The van der Waals surface area contributed by atoms with Crippen LogP contribution in [0.1, 0.15) is 16.7 Å². The minimum absolute atomic E-state index is 0.556. The number of ether oxygens (including phenoxy) is 1. The Balaban J connectivity index is 1.81. The third-order valence-corrected chi connectivity index (χ3v) is 4.25. The maximum Gasteiger partial charge on any atom is 0.120 e. The van der Waals surface area contributed by atoms with Gasteiger partial charge in [-0.05, 0) is 48.7 Å². The fourth-order valence-electron chi connectivity index (χ4n) is 2.87. The summed E-state index contributed by atoms with van der Waals surface area (Å²) in [5.41, 5.74) is 7.20. The zero-order chi connectivity index (χ0) is 16.9. The van der Waals surface area contributed by atoms with E-state index in [2.05, 4.69) is 73.8 Å². The molecule has 2 heteroatoms. The highest BCUT2D eigenvalue weighted by atomic mass is 16.5. The van der Waals surface area contributed by atoms with Gasteiger partial charge in [0, 0.05) is 18.3 Å². The van der Waals surface area contributed by atoms with Gasteiger partial charge in [0.05, 0.1) is 0 Å². The Bertz CT molecular complexity index is 839. The van der Waals surface area contributed by atoms with Crippen LogP contribution in [0.4, 0.5) is 5.69 Å². The SMILES string of the molecule is CNc1cccc(C)c1COc1cccc(-c2cccc(C)c2)c1. The second-order valence-corrected chi connectivity index (χ2v) is 6.04. The van der Waals surface area contributed by atoms with Gasteiger partial charge < -0.3 is 10.1 Å². The lowest BCUT2D eigenvalue weighted by Crippen LogP contribution is -2.03. The third-order valence-electron chi connectivity index (χ3n) is 4.25. The van der Waals surface area contributed by atoms with E-state index in [-0.39, 0.29) is 0 Å². The summed E-state index contributed by atoms with van der Waals surface area (Å²) in [6, 6.07) is 23.1. The van der Waals surface area contributed by atoms with Crippen molar-refractivity contribution < 1.29 is 4.74 Å². The molecule has 3 aromatic rings. The minimum atomic E-state index is 0.556. The van der Waals surface area contributed by atoms with E-state index in [0.717, 1.165) is 11.4 Å². The summed E-state index contributed by atoms with van der Waals surface area (Å²) >= 11 is 0. The molecule has 0 heterocycles. The van der Waals surface area contributed by atoms with E-state index in [4.69, 9.17) is 4.74 Å². The first-order valence-corrected chi connectivity index (χ1v) is 8.23. The molecule has 0 fully saturated rings. The lowest BCUT2D eigenvalue weighted by Gasteiger charge is -2.14. The van der Waals surface area contributed by atoms with Crippen LogP contribution in [0.15, 0.2) is 66.7 Å². The number of rotatable bonds is 5. The van der Waals surface area contributed by atoms with E-state index < -0.39 is 0 Å². The zero-order valence-electron chi connectivity index (χ0n) is 14.5. The van der Waals surface area contributed by atoms with Crippen LogP contribution in [0, 0.1) is 13.8 Å². The highest BCUT2D eigenvalue weighted by Crippen LogP contribution is 2.26. The molecule has 0 spiro atoms. The van der Waals surface area contributed by atoms with Crippen molar-refractivity contribution in [3.63, 3.8) is 0 Å². The Morgan fingerprint density at radius 1 is 0.833 bits per heavy atom. The van der Waals surface area contributed by atoms with Gasteiger partial charge in [-0.25, -0.2) is 0 Å². The molecule has 0 saturated heterocycles. The van der Waals surface area contributed by atoms with E-state index >= 15 is 0 Å². The predicted octanol–water partition coefficient (Wildman–Crippen LogP) is 5.59. The maximum absolute atomic E-state index is 6.07. The van der Waals surface area contributed by atoms with Gasteiger partial charge in [-0.2, -0.15) is 0 Å². The number of nitrogens with one attached hydrogen (secondary N) is 1. The smallest absolute Gasteiger partial charge is 0.120 e. The number of anilines is 1. The van der Waals surface area contributed by atoms with Crippen molar-refractivity contribution in [1.82, 2.24) is 0 Å². The summed E-state index contributed by atoms with van der Waals surface area (Å²) in [4.78, 5) is 0. The molecule has 3 rings (SSSR count). The monoisotopic (exact) mass is 317 g/mol. The lowest BCUT2D eigenvalue weighted by molar-refractivity contribution is 0.306. The normalized spacial score (nSPS) is 10.5. The van der Waals surface area contributed by atoms with Gasteiger partial charge in [-0.1, -0.05) is 54.1 Å². The van der Waals surface area contributed by atoms with Crippen molar-refractivity contribution in [2.45, 2.75) is 20.5 Å². The van der Waals surface area contributed by atoms with Crippen LogP contribution in [0.5, 0.6) is 5.75 Å². The van der Waals surface area contributed by atoms with E-state index in [1.165, 1.54) is 27.8 Å². The average Bonchev–Trinajstić information content (AvgIpc) is 2.60. The molecule has 0 amide bonds. The van der Waals surface area contributed by atoms with Crippen molar-refractivity contribution in [3.8, 4) is 16.9 Å². The van der Waals surface area contributed by atoms with Crippen LogP contribution in [0.3, 0.4) is 0 Å². The molecule has 3 aromatic carbocycles. The summed E-state index contributed by atoms with van der Waals surface area (Å²) in [6.45, 7) is 4.78.